The molecule has 0 saturated heterocycles. The van der Waals surface area contributed by atoms with E-state index in [1.54, 1.807) is 36.4 Å². The lowest BCUT2D eigenvalue weighted by Crippen LogP contribution is -2.41. The van der Waals surface area contributed by atoms with Gasteiger partial charge in [0.25, 0.3) is 11.8 Å². The Morgan fingerprint density at radius 3 is 2.25 bits per heavy atom. The number of imide groups is 1. The van der Waals surface area contributed by atoms with Gasteiger partial charge in [0.05, 0.1) is 21.8 Å². The van der Waals surface area contributed by atoms with Gasteiger partial charge < -0.3 is 5.32 Å². The number of benzene rings is 2. The Balaban J connectivity index is 1.50. The molecule has 0 aromatic heterocycles. The molecule has 2 unspecified atom stereocenters. The van der Waals surface area contributed by atoms with Gasteiger partial charge in [0.1, 0.15) is 0 Å². The molecule has 1 fully saturated rings. The molecule has 2 aliphatic rings. The Morgan fingerprint density at radius 1 is 0.964 bits per heavy atom. The fourth-order valence-electron chi connectivity index (χ4n) is 4.20. The number of para-hydroxylation sites is 1. The highest BCUT2D eigenvalue weighted by Gasteiger charge is 2.40. The third-order valence-electron chi connectivity index (χ3n) is 5.67. The van der Waals surface area contributed by atoms with Crippen molar-refractivity contribution < 1.29 is 14.4 Å². The van der Waals surface area contributed by atoms with E-state index in [0.29, 0.717) is 21.8 Å². The van der Waals surface area contributed by atoms with E-state index in [4.69, 9.17) is 11.6 Å². The second-order valence-corrected chi connectivity index (χ2v) is 7.79. The molecule has 3 amide bonds. The van der Waals surface area contributed by atoms with E-state index >= 15 is 0 Å². The monoisotopic (exact) mass is 396 g/mol. The number of nitrogens with one attached hydrogen (secondary N) is 1. The molecular weight excluding hydrogens is 376 g/mol. The van der Waals surface area contributed by atoms with E-state index in [9.17, 15) is 14.4 Å². The van der Waals surface area contributed by atoms with Crippen LogP contribution in [-0.4, -0.2) is 29.2 Å². The lowest BCUT2D eigenvalue weighted by molar-refractivity contribution is -0.122. The van der Waals surface area contributed by atoms with Crippen molar-refractivity contribution in [3.05, 3.63) is 64.7 Å². The van der Waals surface area contributed by atoms with Crippen molar-refractivity contribution in [2.24, 2.45) is 11.8 Å². The Bertz CT molecular complexity index is 908. The van der Waals surface area contributed by atoms with Gasteiger partial charge in [-0.3, -0.25) is 19.3 Å². The van der Waals surface area contributed by atoms with E-state index in [-0.39, 0.29) is 36.1 Å². The summed E-state index contributed by atoms with van der Waals surface area (Å²) >= 11 is 6.16. The molecule has 2 atom stereocenters. The Hall–Kier alpha value is -2.66. The molecule has 0 bridgehead atoms. The van der Waals surface area contributed by atoms with Crippen LogP contribution in [0.1, 0.15) is 46.4 Å². The van der Waals surface area contributed by atoms with Crippen LogP contribution in [0.25, 0.3) is 0 Å². The molecule has 1 N–H and O–H groups in total. The van der Waals surface area contributed by atoms with Gasteiger partial charge >= 0.3 is 0 Å². The average molecular weight is 397 g/mol. The summed E-state index contributed by atoms with van der Waals surface area (Å²) in [4.78, 5) is 39.6. The summed E-state index contributed by atoms with van der Waals surface area (Å²) in [6.07, 6.45) is 3.50. The van der Waals surface area contributed by atoms with Crippen LogP contribution in [-0.2, 0) is 4.79 Å². The molecule has 144 valence electrons. The molecule has 1 aliphatic heterocycles. The van der Waals surface area contributed by atoms with E-state index in [1.165, 1.54) is 4.90 Å². The van der Waals surface area contributed by atoms with Crippen LogP contribution in [0.4, 0.5) is 5.69 Å². The summed E-state index contributed by atoms with van der Waals surface area (Å²) in [6.45, 7) is 0.271. The van der Waals surface area contributed by atoms with Gasteiger partial charge in [-0.25, -0.2) is 0 Å². The third-order valence-corrected chi connectivity index (χ3v) is 6.00. The van der Waals surface area contributed by atoms with E-state index in [1.807, 2.05) is 12.1 Å². The van der Waals surface area contributed by atoms with E-state index in [2.05, 4.69) is 5.32 Å². The third kappa shape index (κ3) is 3.42. The van der Waals surface area contributed by atoms with Crippen LogP contribution in [0.2, 0.25) is 5.02 Å². The molecule has 1 saturated carbocycles. The van der Waals surface area contributed by atoms with Crippen LogP contribution < -0.4 is 5.32 Å². The molecular formula is C22H21ClN2O3. The number of fused-ring (bicyclic) bond motifs is 1. The van der Waals surface area contributed by atoms with Crippen LogP contribution in [0.15, 0.2) is 48.5 Å². The first-order valence-electron chi connectivity index (χ1n) is 9.57. The van der Waals surface area contributed by atoms with Crippen LogP contribution in [0, 0.1) is 11.8 Å². The van der Waals surface area contributed by atoms with Crippen molar-refractivity contribution in [1.29, 1.82) is 0 Å². The van der Waals surface area contributed by atoms with Gasteiger partial charge in [-0.15, -0.1) is 0 Å². The zero-order chi connectivity index (χ0) is 19.7. The number of hydrogen-bond donors (Lipinski definition) is 1. The van der Waals surface area contributed by atoms with Gasteiger partial charge in [0.2, 0.25) is 5.91 Å². The molecule has 5 nitrogen and oxygen atoms in total. The van der Waals surface area contributed by atoms with Crippen molar-refractivity contribution in [2.75, 3.05) is 11.9 Å². The van der Waals surface area contributed by atoms with Gasteiger partial charge in [-0.05, 0) is 43.0 Å². The second-order valence-electron chi connectivity index (χ2n) is 7.39. The predicted molar refractivity (Wildman–Crippen MR) is 107 cm³/mol. The number of hydrogen-bond acceptors (Lipinski definition) is 3. The molecule has 1 aliphatic carbocycles. The van der Waals surface area contributed by atoms with Crippen molar-refractivity contribution >= 4 is 35.0 Å². The molecule has 0 radical (unpaired) electrons. The molecule has 0 spiro atoms. The van der Waals surface area contributed by atoms with Gasteiger partial charge in [0.15, 0.2) is 0 Å². The highest BCUT2D eigenvalue weighted by molar-refractivity contribution is 6.33. The van der Waals surface area contributed by atoms with Crippen molar-refractivity contribution in [3.63, 3.8) is 0 Å². The Morgan fingerprint density at radius 2 is 1.57 bits per heavy atom. The highest BCUT2D eigenvalue weighted by atomic mass is 35.5. The first-order chi connectivity index (χ1) is 13.6. The SMILES string of the molecule is O=C(Nc1ccccc1Cl)C1CCCCC1CN1C(=O)c2ccccc2C1=O. The van der Waals surface area contributed by atoms with E-state index in [0.717, 1.165) is 25.7 Å². The largest absolute Gasteiger partial charge is 0.325 e. The summed E-state index contributed by atoms with van der Waals surface area (Å²) in [5.41, 5.74) is 1.47. The fraction of sp³-hybridized carbons (Fsp3) is 0.318. The van der Waals surface area contributed by atoms with E-state index < -0.39 is 0 Å². The van der Waals surface area contributed by atoms with Gasteiger partial charge in [0, 0.05) is 12.5 Å². The first-order valence-corrected chi connectivity index (χ1v) is 9.94. The number of amides is 3. The minimum atomic E-state index is -0.267. The number of nitrogens with zero attached hydrogens (tertiary/aromatic N) is 1. The molecule has 4 rings (SSSR count). The summed E-state index contributed by atoms with van der Waals surface area (Å²) in [5, 5.41) is 3.40. The maximum atomic E-state index is 12.9. The normalized spacial score (nSPS) is 21.5. The summed E-state index contributed by atoms with van der Waals surface area (Å²) in [7, 11) is 0. The second kappa shape index (κ2) is 7.76. The van der Waals surface area contributed by atoms with Crippen LogP contribution in [0.5, 0.6) is 0 Å². The zero-order valence-electron chi connectivity index (χ0n) is 15.4. The van der Waals surface area contributed by atoms with Crippen molar-refractivity contribution in [2.45, 2.75) is 25.7 Å². The Labute approximate surface area is 168 Å². The maximum absolute atomic E-state index is 12.9. The lowest BCUT2D eigenvalue weighted by Gasteiger charge is -2.32. The number of rotatable bonds is 4. The summed E-state index contributed by atoms with van der Waals surface area (Å²) in [6, 6.07) is 14.0. The highest BCUT2D eigenvalue weighted by Crippen LogP contribution is 2.34. The summed E-state index contributed by atoms with van der Waals surface area (Å²) < 4.78 is 0. The zero-order valence-corrected chi connectivity index (χ0v) is 16.1. The molecule has 1 heterocycles. The predicted octanol–water partition coefficient (Wildman–Crippen LogP) is 4.38. The number of carbonyl (C=O) groups is 3. The number of anilines is 1. The molecule has 2 aromatic carbocycles. The number of halogens is 1. The maximum Gasteiger partial charge on any atom is 0.261 e. The standard InChI is InChI=1S/C22H21ClN2O3/c23-18-11-5-6-12-19(18)24-20(26)15-8-2-1-7-14(15)13-25-21(27)16-9-3-4-10-17(16)22(25)28/h3-6,9-12,14-15H,1-2,7-8,13H2,(H,24,26). The van der Waals surface area contributed by atoms with Crippen LogP contribution >= 0.6 is 11.6 Å². The first kappa shape index (κ1) is 18.7. The number of carbonyl (C=O) groups excluding carboxylic acids is 3. The van der Waals surface area contributed by atoms with Gasteiger partial charge in [-0.1, -0.05) is 48.7 Å². The molecule has 28 heavy (non-hydrogen) atoms. The molecule has 2 aromatic rings. The fourth-order valence-corrected chi connectivity index (χ4v) is 4.38. The Kier molecular flexibility index (Phi) is 5.18. The minimum Gasteiger partial charge on any atom is -0.325 e. The van der Waals surface area contributed by atoms with Gasteiger partial charge in [-0.2, -0.15) is 0 Å². The topological polar surface area (TPSA) is 66.5 Å². The lowest BCUT2D eigenvalue weighted by atomic mass is 9.78. The quantitative estimate of drug-likeness (QED) is 0.780. The average Bonchev–Trinajstić information content (AvgIpc) is 2.95. The van der Waals surface area contributed by atoms with Crippen molar-refractivity contribution in [3.8, 4) is 0 Å². The molecule has 6 heteroatoms. The van der Waals surface area contributed by atoms with Crippen LogP contribution in [0.3, 0.4) is 0 Å². The summed E-state index contributed by atoms with van der Waals surface area (Å²) in [5.74, 6) is -0.949. The smallest absolute Gasteiger partial charge is 0.261 e. The minimum absolute atomic E-state index is 0.0570. The van der Waals surface area contributed by atoms with Crippen molar-refractivity contribution in [1.82, 2.24) is 4.90 Å².